The number of aromatic nitrogens is 2. The molecule has 2 aromatic heterocycles. The number of carbonyl (C=O) groups excluding carboxylic acids is 1. The van der Waals surface area contributed by atoms with E-state index in [2.05, 4.69) is 57.0 Å². The second kappa shape index (κ2) is 12.8. The quantitative estimate of drug-likeness (QED) is 0.179. The highest BCUT2D eigenvalue weighted by Gasteiger charge is 2.37. The van der Waals surface area contributed by atoms with Gasteiger partial charge in [0, 0.05) is 56.3 Å². The number of piperidine rings is 1. The largest absolute Gasteiger partial charge is 0.474 e. The van der Waals surface area contributed by atoms with Gasteiger partial charge in [-0.25, -0.2) is 9.98 Å². The minimum absolute atomic E-state index is 0.0415. The van der Waals surface area contributed by atoms with Gasteiger partial charge in [-0.05, 0) is 72.0 Å². The number of nitrogens with zero attached hydrogens (tertiary/aromatic N) is 7. The first kappa shape index (κ1) is 30.0. The van der Waals surface area contributed by atoms with E-state index in [0.717, 1.165) is 75.3 Å². The van der Waals surface area contributed by atoms with Crippen molar-refractivity contribution in [2.75, 3.05) is 58.8 Å². The van der Waals surface area contributed by atoms with Crippen LogP contribution in [-0.4, -0.2) is 97.9 Å². The summed E-state index contributed by atoms with van der Waals surface area (Å²) in [7, 11) is 5.91. The van der Waals surface area contributed by atoms with Crippen LogP contribution >= 0.6 is 11.3 Å². The number of ether oxygens (including phenoxy) is 1. The summed E-state index contributed by atoms with van der Waals surface area (Å²) < 4.78 is 6.29. The third-order valence-corrected chi connectivity index (χ3v) is 9.31. The third-order valence-electron chi connectivity index (χ3n) is 8.16. The molecule has 0 saturated carbocycles. The number of piperazine rings is 1. The van der Waals surface area contributed by atoms with Gasteiger partial charge in [0.05, 0.1) is 17.3 Å². The van der Waals surface area contributed by atoms with Gasteiger partial charge in [-0.1, -0.05) is 5.92 Å². The number of nitrogens with one attached hydrogen (secondary N) is 1. The van der Waals surface area contributed by atoms with Gasteiger partial charge >= 0.3 is 0 Å². The molecule has 222 valence electrons. The number of nitriles is 1. The van der Waals surface area contributed by atoms with Crippen molar-refractivity contribution in [3.8, 4) is 23.8 Å². The third kappa shape index (κ3) is 6.59. The number of anilines is 1. The van der Waals surface area contributed by atoms with Gasteiger partial charge in [-0.2, -0.15) is 10.2 Å². The number of thiophene rings is 1. The predicted octanol–water partition coefficient (Wildman–Crippen LogP) is 3.38. The van der Waals surface area contributed by atoms with Crippen LogP contribution in [0.25, 0.3) is 0 Å². The van der Waals surface area contributed by atoms with Crippen molar-refractivity contribution in [1.82, 2.24) is 25.1 Å². The first-order valence-electron chi connectivity index (χ1n) is 14.7. The molecule has 0 spiro atoms. The van der Waals surface area contributed by atoms with Gasteiger partial charge in [0.25, 0.3) is 5.78 Å². The molecule has 2 fully saturated rings. The van der Waals surface area contributed by atoms with Crippen LogP contribution in [0.1, 0.15) is 66.2 Å². The lowest BCUT2D eigenvalue weighted by Crippen LogP contribution is -2.51. The Labute approximate surface area is 252 Å². The Morgan fingerprint density at radius 1 is 1.31 bits per heavy atom. The Balaban J connectivity index is 1.48. The summed E-state index contributed by atoms with van der Waals surface area (Å²) in [5.74, 6) is 6.87. The minimum Gasteiger partial charge on any atom is -0.474 e. The second-order valence-corrected chi connectivity index (χ2v) is 13.0. The van der Waals surface area contributed by atoms with Crippen LogP contribution in [0.15, 0.2) is 11.1 Å². The van der Waals surface area contributed by atoms with Crippen molar-refractivity contribution in [3.05, 3.63) is 27.9 Å². The summed E-state index contributed by atoms with van der Waals surface area (Å²) in [4.78, 5) is 34.9. The van der Waals surface area contributed by atoms with Crippen LogP contribution < -0.4 is 15.0 Å². The molecule has 5 rings (SSSR count). The maximum Gasteiger partial charge on any atom is 0.273 e. The maximum absolute atomic E-state index is 13.6. The molecule has 4 heterocycles. The summed E-state index contributed by atoms with van der Waals surface area (Å²) in [5.41, 5.74) is 0.814. The molecule has 11 heteroatoms. The van der Waals surface area contributed by atoms with Crippen molar-refractivity contribution in [1.29, 1.82) is 5.26 Å². The average molecular weight is 589 g/mol. The van der Waals surface area contributed by atoms with Gasteiger partial charge < -0.3 is 24.8 Å². The van der Waals surface area contributed by atoms with Crippen LogP contribution in [0, 0.1) is 23.2 Å². The van der Waals surface area contributed by atoms with E-state index < -0.39 is 11.2 Å². The first-order chi connectivity index (χ1) is 20.2. The van der Waals surface area contributed by atoms with Crippen molar-refractivity contribution in [3.63, 3.8) is 0 Å². The number of aryl methyl sites for hydroxylation is 1. The van der Waals surface area contributed by atoms with Gasteiger partial charge in [-0.15, -0.1) is 11.3 Å². The van der Waals surface area contributed by atoms with Gasteiger partial charge in [-0.3, -0.25) is 4.79 Å². The summed E-state index contributed by atoms with van der Waals surface area (Å²) in [5, 5.41) is 14.1. The molecule has 10 nitrogen and oxygen atoms in total. The Kier molecular flexibility index (Phi) is 9.12. The van der Waals surface area contributed by atoms with E-state index in [1.165, 1.54) is 0 Å². The molecule has 0 amide bonds. The Bertz CT molecular complexity index is 1450. The molecule has 2 aromatic rings. The minimum atomic E-state index is -0.644. The molecule has 2 atom stereocenters. The number of likely N-dealkylation sites (N-methyl/N-ethyl adjacent to an activating group) is 1. The fourth-order valence-corrected chi connectivity index (χ4v) is 7.24. The SMILES string of the molecule is CC1CN(C)CCN1c1cc(OC2CCNCC2)nc(C(=O)C#CC2(C)CCCc3sc(/N=C/N(C)C)c(C#N)c32)n1. The summed E-state index contributed by atoms with van der Waals surface area (Å²) in [6, 6.07) is 4.46. The first-order valence-corrected chi connectivity index (χ1v) is 15.5. The topological polar surface area (TPSA) is 110 Å². The number of aliphatic imine (C=N–C) groups is 1. The van der Waals surface area contributed by atoms with Crippen LogP contribution in [0.2, 0.25) is 0 Å². The number of ketones is 1. The lowest BCUT2D eigenvalue weighted by atomic mass is 9.73. The van der Waals surface area contributed by atoms with Crippen LogP contribution in [-0.2, 0) is 11.8 Å². The fraction of sp³-hybridized carbons (Fsp3) is 0.581. The molecule has 0 bridgehead atoms. The van der Waals surface area contributed by atoms with E-state index in [1.54, 1.807) is 17.7 Å². The van der Waals surface area contributed by atoms with Crippen molar-refractivity contribution in [2.24, 2.45) is 4.99 Å². The van der Waals surface area contributed by atoms with E-state index in [0.29, 0.717) is 22.3 Å². The lowest BCUT2D eigenvalue weighted by molar-refractivity contribution is 0.104. The Hall–Kier alpha value is -3.51. The molecule has 2 unspecified atom stereocenters. The molecular formula is C31H40N8O2S. The molecule has 0 radical (unpaired) electrons. The van der Waals surface area contributed by atoms with Crippen molar-refractivity contribution < 1.29 is 9.53 Å². The highest BCUT2D eigenvalue weighted by molar-refractivity contribution is 7.16. The normalized spacial score (nSPS) is 23.1. The van der Waals surface area contributed by atoms with Gasteiger partial charge in [0.15, 0.2) is 0 Å². The lowest BCUT2D eigenvalue weighted by Gasteiger charge is -2.39. The average Bonchev–Trinajstić information content (AvgIpc) is 3.34. The molecule has 0 aromatic carbocycles. The van der Waals surface area contributed by atoms with E-state index in [4.69, 9.17) is 9.72 Å². The van der Waals surface area contributed by atoms with Gasteiger partial charge in [0.1, 0.15) is 23.0 Å². The zero-order valence-electron chi connectivity index (χ0n) is 25.2. The molecule has 2 saturated heterocycles. The maximum atomic E-state index is 13.6. The molecule has 1 N–H and O–H groups in total. The number of fused-ring (bicyclic) bond motifs is 1. The van der Waals surface area contributed by atoms with E-state index >= 15 is 0 Å². The molecule has 3 aliphatic rings. The number of rotatable bonds is 6. The zero-order valence-corrected chi connectivity index (χ0v) is 26.1. The molecular weight excluding hydrogens is 548 g/mol. The number of hydrogen-bond acceptors (Lipinski definition) is 10. The van der Waals surface area contributed by atoms with Crippen LogP contribution in [0.5, 0.6) is 5.88 Å². The van der Waals surface area contributed by atoms with E-state index in [9.17, 15) is 10.1 Å². The number of hydrogen-bond donors (Lipinski definition) is 1. The van der Waals surface area contributed by atoms with Crippen LogP contribution in [0.4, 0.5) is 10.8 Å². The summed E-state index contributed by atoms with van der Waals surface area (Å²) in [6.07, 6.45) is 6.08. The Morgan fingerprint density at radius 2 is 2.10 bits per heavy atom. The molecule has 1 aliphatic carbocycles. The summed E-state index contributed by atoms with van der Waals surface area (Å²) >= 11 is 1.54. The molecule has 2 aliphatic heterocycles. The molecule has 42 heavy (non-hydrogen) atoms. The fourth-order valence-electron chi connectivity index (χ4n) is 5.98. The number of carbonyl (C=O) groups is 1. The summed E-state index contributed by atoms with van der Waals surface area (Å²) in [6.45, 7) is 8.59. The monoisotopic (exact) mass is 588 g/mol. The van der Waals surface area contributed by atoms with Crippen molar-refractivity contribution in [2.45, 2.75) is 63.5 Å². The van der Waals surface area contributed by atoms with Crippen molar-refractivity contribution >= 4 is 34.3 Å². The highest BCUT2D eigenvalue weighted by Crippen LogP contribution is 2.47. The number of Topliss-reactive ketones (excluding diaryl/α,β-unsaturated/α-hetero) is 1. The predicted molar refractivity (Wildman–Crippen MR) is 166 cm³/mol. The van der Waals surface area contributed by atoms with E-state index in [-0.39, 0.29) is 18.0 Å². The van der Waals surface area contributed by atoms with E-state index in [1.807, 2.05) is 32.0 Å². The zero-order chi connectivity index (χ0) is 29.9. The Morgan fingerprint density at radius 3 is 2.81 bits per heavy atom. The smallest absolute Gasteiger partial charge is 0.273 e. The van der Waals surface area contributed by atoms with Crippen LogP contribution in [0.3, 0.4) is 0 Å². The second-order valence-electron chi connectivity index (χ2n) is 11.9. The van der Waals surface area contributed by atoms with Gasteiger partial charge in [0.2, 0.25) is 11.7 Å². The standard InChI is InChI=1S/C31H40N8O2S/c1-21-19-38(5)15-16-39(21)26-17-27(41-22-9-13-33-14-10-22)36-29(35-26)24(40)8-12-31(2)11-6-7-25-28(31)23(18-32)30(42-25)34-20-37(3)4/h17,20-22,33H,6-7,9-11,13-16,19H2,1-5H3/b34-20+. The highest BCUT2D eigenvalue weighted by atomic mass is 32.1.